The number of non-ortho nitro benzene ring substituents is 1. The summed E-state index contributed by atoms with van der Waals surface area (Å²) in [4.78, 5) is 10.1. The van der Waals surface area contributed by atoms with Gasteiger partial charge in [0.1, 0.15) is 6.10 Å². The molecular formula is C15H11NO3. The van der Waals surface area contributed by atoms with Gasteiger partial charge >= 0.3 is 0 Å². The molecule has 19 heavy (non-hydrogen) atoms. The maximum atomic E-state index is 10.6. The van der Waals surface area contributed by atoms with Crippen LogP contribution in [0.5, 0.6) is 0 Å². The number of benzene rings is 2. The van der Waals surface area contributed by atoms with Crippen LogP contribution in [0.1, 0.15) is 17.2 Å². The van der Waals surface area contributed by atoms with Gasteiger partial charge in [0.2, 0.25) is 0 Å². The van der Waals surface area contributed by atoms with Crippen molar-refractivity contribution in [3.05, 3.63) is 75.8 Å². The zero-order valence-corrected chi connectivity index (χ0v) is 9.98. The average Bonchev–Trinajstić information content (AvgIpc) is 2.46. The van der Waals surface area contributed by atoms with Crippen LogP contribution >= 0.6 is 0 Å². The first kappa shape index (κ1) is 12.8. The molecule has 2 aromatic carbocycles. The molecule has 0 aromatic heterocycles. The molecule has 1 atom stereocenters. The lowest BCUT2D eigenvalue weighted by atomic mass is 10.1. The topological polar surface area (TPSA) is 63.4 Å². The van der Waals surface area contributed by atoms with Crippen LogP contribution in [0.2, 0.25) is 0 Å². The molecule has 2 aromatic rings. The second-order valence-electron chi connectivity index (χ2n) is 3.89. The summed E-state index contributed by atoms with van der Waals surface area (Å²) in [5.74, 6) is 5.49. The summed E-state index contributed by atoms with van der Waals surface area (Å²) >= 11 is 0. The monoisotopic (exact) mass is 253 g/mol. The fourth-order valence-electron chi connectivity index (χ4n) is 1.56. The Labute approximate surface area is 110 Å². The van der Waals surface area contributed by atoms with Crippen LogP contribution in [0.4, 0.5) is 5.69 Å². The Morgan fingerprint density at radius 3 is 2.53 bits per heavy atom. The molecule has 0 fully saturated rings. The van der Waals surface area contributed by atoms with Gasteiger partial charge in [0, 0.05) is 17.7 Å². The summed E-state index contributed by atoms with van der Waals surface area (Å²) in [5, 5.41) is 20.5. The predicted molar refractivity (Wildman–Crippen MR) is 71.4 cm³/mol. The Morgan fingerprint density at radius 2 is 1.84 bits per heavy atom. The number of nitro benzene ring substituents is 1. The summed E-state index contributed by atoms with van der Waals surface area (Å²) < 4.78 is 0. The van der Waals surface area contributed by atoms with Gasteiger partial charge in [0.25, 0.3) is 5.69 Å². The number of aliphatic hydroxyl groups is 1. The largest absolute Gasteiger partial charge is 0.376 e. The SMILES string of the molecule is O=[N+]([O-])c1cccc(C(O)C#Cc2ccccc2)c1. The van der Waals surface area contributed by atoms with Crippen LogP contribution in [-0.4, -0.2) is 10.0 Å². The third-order valence-corrected chi connectivity index (χ3v) is 2.52. The molecule has 0 bridgehead atoms. The molecule has 0 aliphatic carbocycles. The van der Waals surface area contributed by atoms with E-state index in [1.807, 2.05) is 30.3 Å². The zero-order chi connectivity index (χ0) is 13.7. The summed E-state index contributed by atoms with van der Waals surface area (Å²) in [5.41, 5.74) is 1.14. The summed E-state index contributed by atoms with van der Waals surface area (Å²) in [7, 11) is 0. The molecule has 0 saturated heterocycles. The van der Waals surface area contributed by atoms with E-state index in [1.54, 1.807) is 6.07 Å². The lowest BCUT2D eigenvalue weighted by Crippen LogP contribution is -1.96. The number of nitro groups is 1. The summed E-state index contributed by atoms with van der Waals surface area (Å²) in [6.07, 6.45) is -1.04. The van der Waals surface area contributed by atoms with Crippen molar-refractivity contribution in [1.82, 2.24) is 0 Å². The Kier molecular flexibility index (Phi) is 3.91. The first-order valence-electron chi connectivity index (χ1n) is 5.66. The van der Waals surface area contributed by atoms with Crippen molar-refractivity contribution >= 4 is 5.69 Å². The van der Waals surface area contributed by atoms with Crippen molar-refractivity contribution < 1.29 is 10.0 Å². The Balaban J connectivity index is 2.21. The Hall–Kier alpha value is -2.64. The van der Waals surface area contributed by atoms with E-state index in [-0.39, 0.29) is 5.69 Å². The third-order valence-electron chi connectivity index (χ3n) is 2.52. The number of nitrogens with zero attached hydrogens (tertiary/aromatic N) is 1. The molecule has 4 heteroatoms. The molecule has 0 aliphatic rings. The van der Waals surface area contributed by atoms with Crippen LogP contribution in [-0.2, 0) is 0 Å². The van der Waals surface area contributed by atoms with Gasteiger partial charge in [-0.1, -0.05) is 42.2 Å². The molecule has 0 radical (unpaired) electrons. The van der Waals surface area contributed by atoms with Crippen molar-refractivity contribution in [2.75, 3.05) is 0 Å². The van der Waals surface area contributed by atoms with E-state index >= 15 is 0 Å². The highest BCUT2D eigenvalue weighted by atomic mass is 16.6. The van der Waals surface area contributed by atoms with Crippen LogP contribution < -0.4 is 0 Å². The van der Waals surface area contributed by atoms with E-state index in [1.165, 1.54) is 18.2 Å². The van der Waals surface area contributed by atoms with Gasteiger partial charge in [0.05, 0.1) is 4.92 Å². The molecule has 0 aliphatic heterocycles. The van der Waals surface area contributed by atoms with Crippen LogP contribution in [0.15, 0.2) is 54.6 Å². The molecule has 4 nitrogen and oxygen atoms in total. The zero-order valence-electron chi connectivity index (χ0n) is 9.98. The Bertz CT molecular complexity index is 641. The van der Waals surface area contributed by atoms with E-state index in [4.69, 9.17) is 0 Å². The number of hydrogen-bond acceptors (Lipinski definition) is 3. The van der Waals surface area contributed by atoms with Gasteiger partial charge in [-0.2, -0.15) is 0 Å². The minimum atomic E-state index is -1.04. The van der Waals surface area contributed by atoms with Gasteiger partial charge < -0.3 is 5.11 Å². The van der Waals surface area contributed by atoms with Crippen molar-refractivity contribution in [1.29, 1.82) is 0 Å². The van der Waals surface area contributed by atoms with Crippen molar-refractivity contribution in [2.24, 2.45) is 0 Å². The first-order chi connectivity index (χ1) is 9.16. The number of hydrogen-bond donors (Lipinski definition) is 1. The summed E-state index contributed by atoms with van der Waals surface area (Å²) in [6.45, 7) is 0. The number of rotatable bonds is 2. The molecule has 94 valence electrons. The minimum Gasteiger partial charge on any atom is -0.376 e. The van der Waals surface area contributed by atoms with Crippen molar-refractivity contribution in [2.45, 2.75) is 6.10 Å². The Morgan fingerprint density at radius 1 is 1.11 bits per heavy atom. The van der Waals surface area contributed by atoms with Crippen LogP contribution in [0.25, 0.3) is 0 Å². The first-order valence-corrected chi connectivity index (χ1v) is 5.66. The lowest BCUT2D eigenvalue weighted by Gasteiger charge is -2.02. The van der Waals surface area contributed by atoms with E-state index in [0.717, 1.165) is 5.56 Å². The smallest absolute Gasteiger partial charge is 0.269 e. The highest BCUT2D eigenvalue weighted by Gasteiger charge is 2.09. The number of aliphatic hydroxyl groups excluding tert-OH is 1. The molecule has 1 N–H and O–H groups in total. The van der Waals surface area contributed by atoms with Gasteiger partial charge in [-0.25, -0.2) is 0 Å². The van der Waals surface area contributed by atoms with E-state index in [2.05, 4.69) is 11.8 Å². The normalized spacial score (nSPS) is 11.2. The van der Waals surface area contributed by atoms with E-state index in [0.29, 0.717) is 5.56 Å². The average molecular weight is 253 g/mol. The highest BCUT2D eigenvalue weighted by molar-refractivity contribution is 5.40. The standard InChI is InChI=1S/C15H11NO3/c17-15(10-9-12-5-2-1-3-6-12)13-7-4-8-14(11-13)16(18)19/h1-8,11,15,17H. The molecule has 0 spiro atoms. The van der Waals surface area contributed by atoms with Crippen molar-refractivity contribution in [3.63, 3.8) is 0 Å². The second-order valence-corrected chi connectivity index (χ2v) is 3.89. The quantitative estimate of drug-likeness (QED) is 0.508. The fourth-order valence-corrected chi connectivity index (χ4v) is 1.56. The molecule has 2 rings (SSSR count). The highest BCUT2D eigenvalue weighted by Crippen LogP contribution is 2.18. The minimum absolute atomic E-state index is 0.0574. The van der Waals surface area contributed by atoms with E-state index < -0.39 is 11.0 Å². The predicted octanol–water partition coefficient (Wildman–Crippen LogP) is 2.68. The van der Waals surface area contributed by atoms with Crippen LogP contribution in [0.3, 0.4) is 0 Å². The maximum absolute atomic E-state index is 10.6. The molecule has 0 amide bonds. The van der Waals surface area contributed by atoms with E-state index in [9.17, 15) is 15.2 Å². The van der Waals surface area contributed by atoms with Gasteiger partial charge in [-0.3, -0.25) is 10.1 Å². The summed E-state index contributed by atoms with van der Waals surface area (Å²) in [6, 6.07) is 15.1. The molecular weight excluding hydrogens is 242 g/mol. The molecule has 0 heterocycles. The van der Waals surface area contributed by atoms with Crippen LogP contribution in [0, 0.1) is 22.0 Å². The van der Waals surface area contributed by atoms with Gasteiger partial charge in [-0.15, -0.1) is 0 Å². The third kappa shape index (κ3) is 3.41. The van der Waals surface area contributed by atoms with Gasteiger partial charge in [-0.05, 0) is 17.7 Å². The van der Waals surface area contributed by atoms with Crippen molar-refractivity contribution in [3.8, 4) is 11.8 Å². The fraction of sp³-hybridized carbons (Fsp3) is 0.0667. The lowest BCUT2D eigenvalue weighted by molar-refractivity contribution is -0.385. The second kappa shape index (κ2) is 5.80. The van der Waals surface area contributed by atoms with Gasteiger partial charge in [0.15, 0.2) is 0 Å². The maximum Gasteiger partial charge on any atom is 0.269 e. The molecule has 1 unspecified atom stereocenters. The molecule has 0 saturated carbocycles.